The van der Waals surface area contributed by atoms with E-state index in [9.17, 15) is 13.2 Å². The fraction of sp³-hybridized carbons (Fsp3) is 0.571. The summed E-state index contributed by atoms with van der Waals surface area (Å²) in [7, 11) is 0. The van der Waals surface area contributed by atoms with Crippen molar-refractivity contribution in [3.8, 4) is 0 Å². The van der Waals surface area contributed by atoms with Crippen LogP contribution in [0.15, 0.2) is 18.2 Å². The third kappa shape index (κ3) is 5.31. The molecule has 1 N–H and O–H groups in total. The highest BCUT2D eigenvalue weighted by atomic mass is 35.5. The van der Waals surface area contributed by atoms with E-state index in [2.05, 4.69) is 12.2 Å². The van der Waals surface area contributed by atoms with Gasteiger partial charge in [0.15, 0.2) is 0 Å². The smallest absolute Gasteiger partial charge is 0.383 e. The summed E-state index contributed by atoms with van der Waals surface area (Å²) in [6, 6.07) is 4.08. The maximum atomic E-state index is 12.7. The molecule has 1 aromatic rings. The number of nitrogens with one attached hydrogen (secondary N) is 1. The van der Waals surface area contributed by atoms with Crippen molar-refractivity contribution in [3.05, 3.63) is 28.8 Å². The average Bonchev–Trinajstić information content (AvgIpc) is 2.30. The van der Waals surface area contributed by atoms with Crippen LogP contribution >= 0.6 is 11.6 Å². The van der Waals surface area contributed by atoms with Crippen LogP contribution in [0.2, 0.25) is 5.02 Å². The van der Waals surface area contributed by atoms with Crippen LogP contribution in [-0.4, -0.2) is 6.04 Å². The third-order valence-corrected chi connectivity index (χ3v) is 3.26. The van der Waals surface area contributed by atoms with Crippen LogP contribution in [0, 0.1) is 0 Å². The fourth-order valence-corrected chi connectivity index (χ4v) is 2.11. The Bertz CT molecular complexity index is 404. The highest BCUT2D eigenvalue weighted by Crippen LogP contribution is 2.36. The van der Waals surface area contributed by atoms with E-state index in [-0.39, 0.29) is 11.1 Å². The second-order valence-corrected chi connectivity index (χ2v) is 5.14. The second kappa shape index (κ2) is 7.04. The molecule has 0 aromatic heterocycles. The predicted octanol–water partition coefficient (Wildman–Crippen LogP) is 5.74. The van der Waals surface area contributed by atoms with Gasteiger partial charge in [-0.05, 0) is 31.5 Å². The number of anilines is 1. The van der Waals surface area contributed by atoms with E-state index >= 15 is 0 Å². The number of alkyl halides is 3. The van der Waals surface area contributed by atoms with E-state index < -0.39 is 11.7 Å². The van der Waals surface area contributed by atoms with Gasteiger partial charge in [-0.2, -0.15) is 13.2 Å². The molecule has 0 aliphatic carbocycles. The fourth-order valence-electron chi connectivity index (χ4n) is 1.89. The molecule has 108 valence electrons. The lowest BCUT2D eigenvalue weighted by atomic mass is 10.1. The van der Waals surface area contributed by atoms with Gasteiger partial charge in [-0.25, -0.2) is 0 Å². The van der Waals surface area contributed by atoms with E-state index in [1.807, 2.05) is 6.92 Å². The summed E-state index contributed by atoms with van der Waals surface area (Å²) in [6.45, 7) is 4.09. The Hall–Kier alpha value is -0.900. The molecule has 0 saturated heterocycles. The summed E-state index contributed by atoms with van der Waals surface area (Å²) >= 11 is 5.57. The number of hydrogen-bond acceptors (Lipinski definition) is 1. The van der Waals surface area contributed by atoms with Gasteiger partial charge in [0.1, 0.15) is 0 Å². The molecule has 1 nitrogen and oxygen atoms in total. The first-order valence-electron chi connectivity index (χ1n) is 6.48. The monoisotopic (exact) mass is 293 g/mol. The zero-order chi connectivity index (χ0) is 14.5. The Labute approximate surface area is 117 Å². The van der Waals surface area contributed by atoms with Gasteiger partial charge >= 0.3 is 6.18 Å². The first-order valence-corrected chi connectivity index (χ1v) is 6.85. The molecule has 0 saturated carbocycles. The Kier molecular flexibility index (Phi) is 5.98. The molecule has 1 rings (SSSR count). The Morgan fingerprint density at radius 1 is 1.26 bits per heavy atom. The Morgan fingerprint density at radius 3 is 2.53 bits per heavy atom. The maximum Gasteiger partial charge on any atom is 0.417 e. The van der Waals surface area contributed by atoms with Gasteiger partial charge in [0.25, 0.3) is 0 Å². The van der Waals surface area contributed by atoms with Crippen LogP contribution in [0.5, 0.6) is 0 Å². The van der Waals surface area contributed by atoms with Gasteiger partial charge in [0, 0.05) is 11.7 Å². The topological polar surface area (TPSA) is 12.0 Å². The average molecular weight is 294 g/mol. The molecule has 0 fully saturated rings. The highest BCUT2D eigenvalue weighted by molar-refractivity contribution is 6.31. The third-order valence-electron chi connectivity index (χ3n) is 2.93. The van der Waals surface area contributed by atoms with Gasteiger partial charge in [-0.1, -0.05) is 37.8 Å². The molecule has 0 amide bonds. The van der Waals surface area contributed by atoms with Crippen molar-refractivity contribution in [1.29, 1.82) is 0 Å². The molecule has 1 atom stereocenters. The minimum atomic E-state index is -4.42. The number of halogens is 4. The van der Waals surface area contributed by atoms with Crippen LogP contribution in [-0.2, 0) is 6.18 Å². The maximum absolute atomic E-state index is 12.7. The predicted molar refractivity (Wildman–Crippen MR) is 73.7 cm³/mol. The van der Waals surface area contributed by atoms with Gasteiger partial charge < -0.3 is 5.32 Å². The zero-order valence-corrected chi connectivity index (χ0v) is 11.9. The van der Waals surface area contributed by atoms with Crippen molar-refractivity contribution in [1.82, 2.24) is 0 Å². The molecule has 0 bridgehead atoms. The number of unbranched alkanes of at least 4 members (excludes halogenated alkanes) is 2. The summed E-state index contributed by atoms with van der Waals surface area (Å²) in [5.41, 5.74) is -0.333. The highest BCUT2D eigenvalue weighted by Gasteiger charge is 2.33. The van der Waals surface area contributed by atoms with Gasteiger partial charge in [-0.15, -0.1) is 0 Å². The Balaban J connectivity index is 2.69. The van der Waals surface area contributed by atoms with Crippen molar-refractivity contribution >= 4 is 17.3 Å². The summed E-state index contributed by atoms with van der Waals surface area (Å²) in [5, 5.41) is 2.81. The molecule has 0 radical (unpaired) electrons. The molecule has 0 aliphatic heterocycles. The molecule has 19 heavy (non-hydrogen) atoms. The number of hydrogen-bond donors (Lipinski definition) is 1. The van der Waals surface area contributed by atoms with Gasteiger partial charge in [0.05, 0.1) is 10.6 Å². The summed E-state index contributed by atoms with van der Waals surface area (Å²) < 4.78 is 38.1. The van der Waals surface area contributed by atoms with Crippen LogP contribution < -0.4 is 5.32 Å². The minimum absolute atomic E-state index is 0.147. The molecule has 0 heterocycles. The van der Waals surface area contributed by atoms with E-state index in [1.54, 1.807) is 6.07 Å². The van der Waals surface area contributed by atoms with E-state index in [1.165, 1.54) is 6.07 Å². The van der Waals surface area contributed by atoms with Crippen molar-refractivity contribution in [2.45, 2.75) is 51.7 Å². The van der Waals surface area contributed by atoms with Crippen LogP contribution in [0.4, 0.5) is 18.9 Å². The largest absolute Gasteiger partial charge is 0.417 e. The summed E-state index contributed by atoms with van der Waals surface area (Å²) in [6.07, 6.45) is -0.130. The Morgan fingerprint density at radius 2 is 1.95 bits per heavy atom. The lowest BCUT2D eigenvalue weighted by molar-refractivity contribution is -0.137. The molecular formula is C14H19ClF3N. The van der Waals surface area contributed by atoms with Gasteiger partial charge in [-0.3, -0.25) is 0 Å². The van der Waals surface area contributed by atoms with Gasteiger partial charge in [0.2, 0.25) is 0 Å². The van der Waals surface area contributed by atoms with E-state index in [0.29, 0.717) is 5.69 Å². The van der Waals surface area contributed by atoms with E-state index in [0.717, 1.165) is 31.7 Å². The van der Waals surface area contributed by atoms with Crippen molar-refractivity contribution in [2.75, 3.05) is 5.32 Å². The standard InChI is InChI=1S/C14H19ClF3N/c1-3-4-5-6-10(2)19-11-7-8-13(15)12(9-11)14(16,17)18/h7-10,19H,3-6H2,1-2H3. The molecule has 5 heteroatoms. The summed E-state index contributed by atoms with van der Waals surface area (Å²) in [4.78, 5) is 0. The molecule has 0 spiro atoms. The lowest BCUT2D eigenvalue weighted by Crippen LogP contribution is -2.16. The number of rotatable bonds is 6. The minimum Gasteiger partial charge on any atom is -0.383 e. The normalized spacial score (nSPS) is 13.4. The van der Waals surface area contributed by atoms with Crippen molar-refractivity contribution < 1.29 is 13.2 Å². The summed E-state index contributed by atoms with van der Waals surface area (Å²) in [5.74, 6) is 0. The lowest BCUT2D eigenvalue weighted by Gasteiger charge is -2.17. The van der Waals surface area contributed by atoms with E-state index in [4.69, 9.17) is 11.6 Å². The zero-order valence-electron chi connectivity index (χ0n) is 11.1. The van der Waals surface area contributed by atoms with Crippen molar-refractivity contribution in [2.24, 2.45) is 0 Å². The molecule has 1 unspecified atom stereocenters. The van der Waals surface area contributed by atoms with Crippen molar-refractivity contribution in [3.63, 3.8) is 0 Å². The molecular weight excluding hydrogens is 275 g/mol. The molecule has 1 aromatic carbocycles. The second-order valence-electron chi connectivity index (χ2n) is 4.73. The number of benzene rings is 1. The quantitative estimate of drug-likeness (QED) is 0.660. The van der Waals surface area contributed by atoms with Crippen LogP contribution in [0.1, 0.15) is 45.1 Å². The van der Waals surface area contributed by atoms with Crippen LogP contribution in [0.25, 0.3) is 0 Å². The first-order chi connectivity index (χ1) is 8.84. The van der Waals surface area contributed by atoms with Crippen LogP contribution in [0.3, 0.4) is 0 Å². The SMILES string of the molecule is CCCCCC(C)Nc1ccc(Cl)c(C(F)(F)F)c1. The molecule has 0 aliphatic rings. The first kappa shape index (κ1) is 16.2.